The lowest BCUT2D eigenvalue weighted by atomic mass is 9.78. The van der Waals surface area contributed by atoms with Crippen molar-refractivity contribution in [3.63, 3.8) is 0 Å². The van der Waals surface area contributed by atoms with Crippen molar-refractivity contribution in [3.8, 4) is 0 Å². The normalized spacial score (nSPS) is 22.5. The van der Waals surface area contributed by atoms with Crippen molar-refractivity contribution < 1.29 is 18.3 Å². The number of hydrogen-bond donors (Lipinski definition) is 0. The predicted molar refractivity (Wildman–Crippen MR) is 141 cm³/mol. The second-order valence-corrected chi connectivity index (χ2v) is 10.8. The zero-order chi connectivity index (χ0) is 26.0. The molecule has 1 aromatic rings. The van der Waals surface area contributed by atoms with E-state index in [1.807, 2.05) is 11.8 Å². The molecular weight excluding hydrogens is 476 g/mol. The lowest BCUT2D eigenvalue weighted by Gasteiger charge is -2.49. The van der Waals surface area contributed by atoms with Gasteiger partial charge in [-0.25, -0.2) is 13.8 Å². The molecule has 202 valence electrons. The summed E-state index contributed by atoms with van der Waals surface area (Å²) in [5, 5.41) is 0. The van der Waals surface area contributed by atoms with Gasteiger partial charge in [0.1, 0.15) is 11.5 Å². The molecule has 0 aromatic carbocycles. The van der Waals surface area contributed by atoms with Gasteiger partial charge in [-0.2, -0.15) is 0 Å². The number of piperidine rings is 1. The van der Waals surface area contributed by atoms with Gasteiger partial charge < -0.3 is 19.4 Å². The Labute approximate surface area is 218 Å². The number of nitrogens with zero attached hydrogens (tertiary/aromatic N) is 5. The Morgan fingerprint density at radius 3 is 2.51 bits per heavy atom. The van der Waals surface area contributed by atoms with E-state index < -0.39 is 6.43 Å². The summed E-state index contributed by atoms with van der Waals surface area (Å²) in [5.41, 5.74) is 1.62. The van der Waals surface area contributed by atoms with E-state index in [1.165, 1.54) is 6.08 Å². The number of alkyl halides is 2. The van der Waals surface area contributed by atoms with Crippen LogP contribution in [0.3, 0.4) is 0 Å². The highest BCUT2D eigenvalue weighted by atomic mass is 19.3. The van der Waals surface area contributed by atoms with Crippen LogP contribution in [0.15, 0.2) is 30.9 Å². The Morgan fingerprint density at radius 1 is 1.19 bits per heavy atom. The molecule has 0 unspecified atom stereocenters. The standard InChI is InChI=1S/C28H39F2N5O2/c1-3-6-22-23(35-18-21(19-35)32-12-14-34(15-13-32)25(36)4-2)17-24(31-26(22)27(29)30)33-10-8-28(9-11-33)7-5-16-37-20-28/h4-5,7,17,21,27H,2-3,6,8-16,18-20H2,1H3. The van der Waals surface area contributed by atoms with Crippen LogP contribution in [0.4, 0.5) is 20.3 Å². The van der Waals surface area contributed by atoms with Gasteiger partial charge in [0, 0.05) is 81.1 Å². The third-order valence-electron chi connectivity index (χ3n) is 8.50. The van der Waals surface area contributed by atoms with Crippen molar-refractivity contribution in [1.29, 1.82) is 0 Å². The number of carbonyl (C=O) groups is 1. The fourth-order valence-corrected chi connectivity index (χ4v) is 6.18. The van der Waals surface area contributed by atoms with E-state index in [0.717, 1.165) is 70.8 Å². The Bertz CT molecular complexity index is 1010. The molecule has 4 aliphatic heterocycles. The van der Waals surface area contributed by atoms with Crippen LogP contribution in [0.5, 0.6) is 0 Å². The number of amides is 1. The number of anilines is 2. The zero-order valence-corrected chi connectivity index (χ0v) is 21.9. The molecule has 0 atom stereocenters. The molecule has 9 heteroatoms. The summed E-state index contributed by atoms with van der Waals surface area (Å²) in [4.78, 5) is 25.1. The first-order valence-electron chi connectivity index (χ1n) is 13.7. The Balaban J connectivity index is 1.31. The molecule has 5 heterocycles. The van der Waals surface area contributed by atoms with Crippen LogP contribution >= 0.6 is 0 Å². The Hall–Kier alpha value is -2.52. The largest absolute Gasteiger partial charge is 0.376 e. The van der Waals surface area contributed by atoms with Crippen molar-refractivity contribution in [2.24, 2.45) is 5.41 Å². The first-order chi connectivity index (χ1) is 17.9. The van der Waals surface area contributed by atoms with Crippen LogP contribution in [0.25, 0.3) is 0 Å². The number of piperazine rings is 1. The van der Waals surface area contributed by atoms with E-state index in [1.54, 1.807) is 0 Å². The highest BCUT2D eigenvalue weighted by Gasteiger charge is 2.38. The fraction of sp³-hybridized carbons (Fsp3) is 0.643. The topological polar surface area (TPSA) is 52.2 Å². The van der Waals surface area contributed by atoms with Gasteiger partial charge in [0.15, 0.2) is 0 Å². The minimum Gasteiger partial charge on any atom is -0.376 e. The highest BCUT2D eigenvalue weighted by Crippen LogP contribution is 2.40. The molecule has 0 N–H and O–H groups in total. The summed E-state index contributed by atoms with van der Waals surface area (Å²) in [7, 11) is 0. The second kappa shape index (κ2) is 11.1. The van der Waals surface area contributed by atoms with Crippen molar-refractivity contribution in [1.82, 2.24) is 14.8 Å². The van der Waals surface area contributed by atoms with E-state index >= 15 is 0 Å². The number of carbonyl (C=O) groups excluding carboxylic acids is 1. The van der Waals surface area contributed by atoms with Gasteiger partial charge in [0.05, 0.1) is 13.2 Å². The van der Waals surface area contributed by atoms with Crippen LogP contribution in [0, 0.1) is 5.41 Å². The molecule has 0 bridgehead atoms. The smallest absolute Gasteiger partial charge is 0.280 e. The predicted octanol–water partition coefficient (Wildman–Crippen LogP) is 3.66. The molecule has 3 saturated heterocycles. The van der Waals surface area contributed by atoms with E-state index in [9.17, 15) is 13.6 Å². The second-order valence-electron chi connectivity index (χ2n) is 10.8. The molecule has 1 spiro atoms. The average molecular weight is 516 g/mol. The van der Waals surface area contributed by atoms with Crippen LogP contribution < -0.4 is 9.80 Å². The van der Waals surface area contributed by atoms with Crippen LogP contribution in [-0.4, -0.2) is 92.3 Å². The third kappa shape index (κ3) is 5.39. The molecule has 37 heavy (non-hydrogen) atoms. The van der Waals surface area contributed by atoms with Crippen molar-refractivity contribution >= 4 is 17.4 Å². The molecule has 3 fully saturated rings. The third-order valence-corrected chi connectivity index (χ3v) is 8.50. The molecule has 5 rings (SSSR count). The summed E-state index contributed by atoms with van der Waals surface area (Å²) in [5.74, 6) is 0.652. The number of aromatic nitrogens is 1. The highest BCUT2D eigenvalue weighted by molar-refractivity contribution is 5.87. The minimum atomic E-state index is -2.60. The maximum absolute atomic E-state index is 14.3. The van der Waals surface area contributed by atoms with Crippen LogP contribution in [0.2, 0.25) is 0 Å². The minimum absolute atomic E-state index is 0.0152. The van der Waals surface area contributed by atoms with Crippen molar-refractivity contribution in [3.05, 3.63) is 42.1 Å². The quantitative estimate of drug-likeness (QED) is 0.408. The molecule has 0 saturated carbocycles. The summed E-state index contributed by atoms with van der Waals surface area (Å²) in [6, 6.07) is 2.42. The van der Waals surface area contributed by atoms with Crippen LogP contribution in [0.1, 0.15) is 43.9 Å². The number of ether oxygens (including phenoxy) is 1. The van der Waals surface area contributed by atoms with Gasteiger partial charge in [-0.3, -0.25) is 9.69 Å². The fourth-order valence-electron chi connectivity index (χ4n) is 6.18. The molecular formula is C28H39F2N5O2. The van der Waals surface area contributed by atoms with Gasteiger partial charge in [0.2, 0.25) is 5.91 Å². The van der Waals surface area contributed by atoms with Gasteiger partial charge >= 0.3 is 0 Å². The van der Waals surface area contributed by atoms with E-state index in [-0.39, 0.29) is 17.0 Å². The SMILES string of the molecule is C=CC(=O)N1CCN(C2CN(c3cc(N4CCC5(C=CCOC5)CC4)nc(C(F)F)c3CCC)C2)CC1. The monoisotopic (exact) mass is 515 g/mol. The summed E-state index contributed by atoms with van der Waals surface area (Å²) in [6.45, 7) is 13.3. The summed E-state index contributed by atoms with van der Waals surface area (Å²) >= 11 is 0. The zero-order valence-electron chi connectivity index (χ0n) is 21.9. The maximum Gasteiger partial charge on any atom is 0.280 e. The first-order valence-corrected chi connectivity index (χ1v) is 13.7. The van der Waals surface area contributed by atoms with Gasteiger partial charge in [-0.1, -0.05) is 32.1 Å². The lowest BCUT2D eigenvalue weighted by molar-refractivity contribution is -0.128. The number of rotatable bonds is 7. The van der Waals surface area contributed by atoms with E-state index in [0.29, 0.717) is 43.5 Å². The molecule has 0 radical (unpaired) electrons. The number of pyridine rings is 1. The Kier molecular flexibility index (Phi) is 7.81. The van der Waals surface area contributed by atoms with E-state index in [4.69, 9.17) is 4.74 Å². The van der Waals surface area contributed by atoms with Crippen molar-refractivity contribution in [2.75, 3.05) is 75.4 Å². The summed E-state index contributed by atoms with van der Waals surface area (Å²) < 4.78 is 34.2. The first kappa shape index (κ1) is 26.1. The molecule has 1 amide bonds. The lowest BCUT2D eigenvalue weighted by Crippen LogP contribution is -2.63. The maximum atomic E-state index is 14.3. The van der Waals surface area contributed by atoms with E-state index in [2.05, 4.69) is 44.5 Å². The van der Waals surface area contributed by atoms with Crippen LogP contribution in [-0.2, 0) is 16.0 Å². The van der Waals surface area contributed by atoms with Gasteiger partial charge in [0.25, 0.3) is 6.43 Å². The van der Waals surface area contributed by atoms with Gasteiger partial charge in [-0.05, 0) is 25.3 Å². The number of hydrogen-bond acceptors (Lipinski definition) is 6. The van der Waals surface area contributed by atoms with Crippen molar-refractivity contribution in [2.45, 2.75) is 45.1 Å². The molecule has 1 aromatic heterocycles. The number of halogens is 2. The average Bonchev–Trinajstić information content (AvgIpc) is 2.89. The van der Waals surface area contributed by atoms with Gasteiger partial charge in [-0.15, -0.1) is 0 Å². The molecule has 7 nitrogen and oxygen atoms in total. The summed E-state index contributed by atoms with van der Waals surface area (Å²) in [6.07, 6.45) is 6.43. The molecule has 4 aliphatic rings. The Morgan fingerprint density at radius 2 is 1.92 bits per heavy atom. The molecule has 0 aliphatic carbocycles.